The molecule has 0 bridgehead atoms. The van der Waals surface area contributed by atoms with E-state index in [-0.39, 0.29) is 6.54 Å². The Morgan fingerprint density at radius 2 is 2.05 bits per heavy atom. The second-order valence-corrected chi connectivity index (χ2v) is 4.01. The third-order valence-corrected chi connectivity index (χ3v) is 2.61. The first-order valence-electron chi connectivity index (χ1n) is 5.76. The molecule has 0 fully saturated rings. The van der Waals surface area contributed by atoms with E-state index in [4.69, 9.17) is 8.94 Å². The van der Waals surface area contributed by atoms with Crippen LogP contribution in [-0.2, 0) is 6.54 Å². The number of rotatable bonds is 4. The number of furan rings is 1. The summed E-state index contributed by atoms with van der Waals surface area (Å²) < 4.78 is 35.7. The molecule has 2 heterocycles. The zero-order valence-corrected chi connectivity index (χ0v) is 10.1. The van der Waals surface area contributed by atoms with Gasteiger partial charge >= 0.3 is 0 Å². The molecule has 1 N–H and O–H groups in total. The van der Waals surface area contributed by atoms with Gasteiger partial charge in [0.15, 0.2) is 17.5 Å². The molecule has 5 nitrogen and oxygen atoms in total. The zero-order chi connectivity index (χ0) is 13.9. The normalized spacial score (nSPS) is 10.7. The van der Waals surface area contributed by atoms with Crippen LogP contribution in [0.15, 0.2) is 45.7 Å². The number of aromatic nitrogens is 2. The molecular formula is C13H9F2N3O2. The van der Waals surface area contributed by atoms with E-state index in [0.717, 1.165) is 12.1 Å². The summed E-state index contributed by atoms with van der Waals surface area (Å²) in [5, 5.41) is 6.64. The molecule has 20 heavy (non-hydrogen) atoms. The highest BCUT2D eigenvalue weighted by molar-refractivity contribution is 5.50. The number of nitrogens with zero attached hydrogens (tertiary/aromatic N) is 2. The second-order valence-electron chi connectivity index (χ2n) is 4.01. The summed E-state index contributed by atoms with van der Waals surface area (Å²) in [6.07, 6.45) is 2.98. The lowest BCUT2D eigenvalue weighted by molar-refractivity contribution is 0.423. The van der Waals surface area contributed by atoms with E-state index in [9.17, 15) is 8.78 Å². The van der Waals surface area contributed by atoms with Gasteiger partial charge in [-0.15, -0.1) is 0 Å². The van der Waals surface area contributed by atoms with Crippen molar-refractivity contribution in [2.75, 3.05) is 5.32 Å². The fraction of sp³-hybridized carbons (Fsp3) is 0.0769. The molecule has 3 rings (SSSR count). The van der Waals surface area contributed by atoms with Crippen molar-refractivity contribution >= 4 is 5.69 Å². The van der Waals surface area contributed by atoms with Crippen LogP contribution >= 0.6 is 0 Å². The van der Waals surface area contributed by atoms with Crippen LogP contribution in [0.2, 0.25) is 0 Å². The molecule has 0 atom stereocenters. The Labute approximate surface area is 112 Å². The number of anilines is 1. The lowest BCUT2D eigenvalue weighted by atomic mass is 10.3. The predicted octanol–water partition coefficient (Wildman–Crippen LogP) is 3.22. The highest BCUT2D eigenvalue weighted by Gasteiger charge is 2.10. The Bertz CT molecular complexity index is 710. The maximum atomic E-state index is 13.0. The molecular weight excluding hydrogens is 268 g/mol. The minimum absolute atomic E-state index is 0.229. The van der Waals surface area contributed by atoms with Crippen molar-refractivity contribution in [3.8, 4) is 11.5 Å². The van der Waals surface area contributed by atoms with E-state index in [1.807, 2.05) is 0 Å². The third kappa shape index (κ3) is 2.51. The van der Waals surface area contributed by atoms with E-state index in [1.54, 1.807) is 6.07 Å². The minimum Gasteiger partial charge on any atom is -0.472 e. The Morgan fingerprint density at radius 3 is 2.80 bits per heavy atom. The van der Waals surface area contributed by atoms with Crippen LogP contribution in [0.25, 0.3) is 11.5 Å². The number of benzene rings is 1. The van der Waals surface area contributed by atoms with Gasteiger partial charge < -0.3 is 14.3 Å². The fourth-order valence-electron chi connectivity index (χ4n) is 1.62. The van der Waals surface area contributed by atoms with Crippen molar-refractivity contribution in [3.05, 3.63) is 54.3 Å². The van der Waals surface area contributed by atoms with Gasteiger partial charge in [0.05, 0.1) is 18.4 Å². The van der Waals surface area contributed by atoms with Gasteiger partial charge in [-0.25, -0.2) is 8.78 Å². The van der Waals surface area contributed by atoms with Crippen LogP contribution in [-0.4, -0.2) is 10.1 Å². The monoisotopic (exact) mass is 277 g/mol. The number of hydrogen-bond donors (Lipinski definition) is 1. The summed E-state index contributed by atoms with van der Waals surface area (Å²) in [5.41, 5.74) is 1.11. The summed E-state index contributed by atoms with van der Waals surface area (Å²) in [4.78, 5) is 4.14. The molecule has 0 unspecified atom stereocenters. The quantitative estimate of drug-likeness (QED) is 0.793. The average Bonchev–Trinajstić information content (AvgIpc) is 3.09. The summed E-state index contributed by atoms with van der Waals surface area (Å²) in [5.74, 6) is -1.08. The summed E-state index contributed by atoms with van der Waals surface area (Å²) in [6.45, 7) is 0.229. The summed E-state index contributed by atoms with van der Waals surface area (Å²) in [7, 11) is 0. The standard InChI is InChI=1S/C13H9F2N3O2/c14-10-2-1-9(5-11(10)15)16-6-12-17-13(20-18-12)8-3-4-19-7-8/h1-5,7,16H,6H2. The fourth-order valence-corrected chi connectivity index (χ4v) is 1.62. The number of halogens is 2. The Morgan fingerprint density at radius 1 is 1.15 bits per heavy atom. The van der Waals surface area contributed by atoms with Crippen LogP contribution < -0.4 is 5.32 Å². The maximum absolute atomic E-state index is 13.0. The van der Waals surface area contributed by atoms with Crippen molar-refractivity contribution < 1.29 is 17.7 Å². The van der Waals surface area contributed by atoms with E-state index in [1.165, 1.54) is 18.6 Å². The summed E-state index contributed by atoms with van der Waals surface area (Å²) in [6, 6.07) is 5.23. The Balaban J connectivity index is 1.68. The molecule has 0 spiro atoms. The van der Waals surface area contributed by atoms with E-state index < -0.39 is 11.6 Å². The van der Waals surface area contributed by atoms with Gasteiger partial charge in [0, 0.05) is 11.8 Å². The first kappa shape index (κ1) is 12.3. The van der Waals surface area contributed by atoms with Crippen molar-refractivity contribution in [2.24, 2.45) is 0 Å². The molecule has 0 aliphatic heterocycles. The molecule has 0 amide bonds. The van der Waals surface area contributed by atoms with E-state index in [2.05, 4.69) is 15.5 Å². The molecule has 3 aromatic rings. The highest BCUT2D eigenvalue weighted by atomic mass is 19.2. The highest BCUT2D eigenvalue weighted by Crippen LogP contribution is 2.18. The molecule has 1 aromatic carbocycles. The Hall–Kier alpha value is -2.70. The van der Waals surface area contributed by atoms with Gasteiger partial charge in [0.2, 0.25) is 0 Å². The van der Waals surface area contributed by atoms with Crippen LogP contribution in [0.3, 0.4) is 0 Å². The Kier molecular flexibility index (Phi) is 3.16. The van der Waals surface area contributed by atoms with E-state index >= 15 is 0 Å². The largest absolute Gasteiger partial charge is 0.472 e. The SMILES string of the molecule is Fc1ccc(NCc2noc(-c3ccoc3)n2)cc1F. The molecule has 7 heteroatoms. The van der Waals surface area contributed by atoms with Crippen molar-refractivity contribution in [1.82, 2.24) is 10.1 Å². The predicted molar refractivity (Wildman–Crippen MR) is 65.7 cm³/mol. The zero-order valence-electron chi connectivity index (χ0n) is 10.1. The van der Waals surface area contributed by atoms with Gasteiger partial charge in [-0.3, -0.25) is 0 Å². The van der Waals surface area contributed by atoms with Gasteiger partial charge in [-0.05, 0) is 18.2 Å². The maximum Gasteiger partial charge on any atom is 0.261 e. The minimum atomic E-state index is -0.915. The molecule has 0 saturated heterocycles. The summed E-state index contributed by atoms with van der Waals surface area (Å²) >= 11 is 0. The number of hydrogen-bond acceptors (Lipinski definition) is 5. The van der Waals surface area contributed by atoms with Crippen molar-refractivity contribution in [3.63, 3.8) is 0 Å². The molecule has 0 aliphatic rings. The van der Waals surface area contributed by atoms with Crippen LogP contribution in [0.4, 0.5) is 14.5 Å². The van der Waals surface area contributed by atoms with Crippen molar-refractivity contribution in [2.45, 2.75) is 6.54 Å². The molecule has 0 saturated carbocycles. The van der Waals surface area contributed by atoms with Crippen LogP contribution in [0.1, 0.15) is 5.82 Å². The third-order valence-electron chi connectivity index (χ3n) is 2.61. The molecule has 2 aromatic heterocycles. The average molecular weight is 277 g/mol. The van der Waals surface area contributed by atoms with Gasteiger partial charge in [-0.2, -0.15) is 4.98 Å². The first-order valence-corrected chi connectivity index (χ1v) is 5.76. The first-order chi connectivity index (χ1) is 9.72. The van der Waals surface area contributed by atoms with Gasteiger partial charge in [0.1, 0.15) is 6.26 Å². The number of nitrogens with one attached hydrogen (secondary N) is 1. The second kappa shape index (κ2) is 5.12. The smallest absolute Gasteiger partial charge is 0.261 e. The molecule has 0 aliphatic carbocycles. The topological polar surface area (TPSA) is 64.1 Å². The molecule has 102 valence electrons. The van der Waals surface area contributed by atoms with Gasteiger partial charge in [0.25, 0.3) is 5.89 Å². The van der Waals surface area contributed by atoms with Crippen LogP contribution in [0, 0.1) is 11.6 Å². The van der Waals surface area contributed by atoms with E-state index in [0.29, 0.717) is 23.0 Å². The van der Waals surface area contributed by atoms with Gasteiger partial charge in [-0.1, -0.05) is 5.16 Å². The van der Waals surface area contributed by atoms with Crippen LogP contribution in [0.5, 0.6) is 0 Å². The molecule has 0 radical (unpaired) electrons. The van der Waals surface area contributed by atoms with Crippen molar-refractivity contribution in [1.29, 1.82) is 0 Å². The lowest BCUT2D eigenvalue weighted by Gasteiger charge is -2.03. The lowest BCUT2D eigenvalue weighted by Crippen LogP contribution is -2.01.